The van der Waals surface area contributed by atoms with Crippen LogP contribution in [0.15, 0.2) is 0 Å². The van der Waals surface area contributed by atoms with Crippen molar-refractivity contribution < 1.29 is 0 Å². The molecule has 0 amide bonds. The van der Waals surface area contributed by atoms with E-state index in [2.05, 4.69) is 23.2 Å². The molecule has 3 heteroatoms. The summed E-state index contributed by atoms with van der Waals surface area (Å²) in [5, 5.41) is 3.41. The molecule has 0 spiro atoms. The molecule has 1 aliphatic heterocycles. The Morgan fingerprint density at radius 1 is 1.64 bits per heavy atom. The van der Waals surface area contributed by atoms with Gasteiger partial charge in [0, 0.05) is 30.4 Å². The smallest absolute Gasteiger partial charge is 0.0396 e. The van der Waals surface area contributed by atoms with Gasteiger partial charge in [-0.15, -0.1) is 12.3 Å². The molecule has 0 aliphatic carbocycles. The Morgan fingerprint density at radius 3 is 3.00 bits per heavy atom. The molecule has 0 aromatic rings. The van der Waals surface area contributed by atoms with Gasteiger partial charge in [0.05, 0.1) is 0 Å². The molecule has 1 fully saturated rings. The summed E-state index contributed by atoms with van der Waals surface area (Å²) in [6.07, 6.45) is 8.21. The minimum atomic E-state index is 0.457. The van der Waals surface area contributed by atoms with Crippen LogP contribution in [-0.2, 0) is 0 Å². The maximum atomic E-state index is 5.27. The summed E-state index contributed by atoms with van der Waals surface area (Å²) in [6.45, 7) is 3.10. The Kier molecular flexibility index (Phi) is 5.10. The lowest BCUT2D eigenvalue weighted by atomic mass is 10.1. The summed E-state index contributed by atoms with van der Waals surface area (Å²) in [5.74, 6) is 2.65. The van der Waals surface area contributed by atoms with Gasteiger partial charge >= 0.3 is 0 Å². The van der Waals surface area contributed by atoms with Gasteiger partial charge in [0.1, 0.15) is 0 Å². The van der Waals surface area contributed by atoms with Crippen molar-refractivity contribution in [3.05, 3.63) is 0 Å². The predicted molar refractivity (Wildman–Crippen MR) is 64.6 cm³/mol. The van der Waals surface area contributed by atoms with E-state index < -0.39 is 0 Å². The van der Waals surface area contributed by atoms with Crippen LogP contribution >= 0.6 is 12.2 Å². The maximum absolute atomic E-state index is 5.27. The van der Waals surface area contributed by atoms with Crippen LogP contribution in [-0.4, -0.2) is 42.5 Å². The van der Waals surface area contributed by atoms with Crippen LogP contribution in [0.3, 0.4) is 0 Å². The highest BCUT2D eigenvalue weighted by Crippen LogP contribution is 2.07. The summed E-state index contributed by atoms with van der Waals surface area (Å²) in [4.78, 5) is 3.46. The number of thiocarbonyl (C=S) groups is 1. The molecule has 0 saturated carbocycles. The molecule has 0 radical (unpaired) electrons. The van der Waals surface area contributed by atoms with Gasteiger partial charge in [-0.05, 0) is 26.4 Å². The molecule has 0 aromatic carbocycles. The van der Waals surface area contributed by atoms with Crippen LogP contribution in [0.25, 0.3) is 0 Å². The van der Waals surface area contributed by atoms with Crippen molar-refractivity contribution in [1.29, 1.82) is 0 Å². The Balaban J connectivity index is 2.13. The fourth-order valence-corrected chi connectivity index (χ4v) is 1.94. The molecule has 1 atom stereocenters. The van der Waals surface area contributed by atoms with E-state index in [0.717, 1.165) is 38.9 Å². The fraction of sp³-hybridized carbons (Fsp3) is 0.727. The van der Waals surface area contributed by atoms with Crippen molar-refractivity contribution in [2.45, 2.75) is 25.3 Å². The molecule has 1 saturated heterocycles. The second kappa shape index (κ2) is 6.13. The minimum absolute atomic E-state index is 0.457. The zero-order valence-corrected chi connectivity index (χ0v) is 9.57. The van der Waals surface area contributed by atoms with Crippen molar-refractivity contribution in [1.82, 2.24) is 10.2 Å². The van der Waals surface area contributed by atoms with E-state index in [4.69, 9.17) is 18.6 Å². The van der Waals surface area contributed by atoms with E-state index >= 15 is 0 Å². The fourth-order valence-electron chi connectivity index (χ4n) is 1.64. The molecular weight excluding hydrogens is 192 g/mol. The van der Waals surface area contributed by atoms with Crippen LogP contribution in [0.4, 0.5) is 0 Å². The van der Waals surface area contributed by atoms with Crippen molar-refractivity contribution in [3.8, 4) is 12.3 Å². The van der Waals surface area contributed by atoms with Crippen LogP contribution < -0.4 is 5.32 Å². The van der Waals surface area contributed by atoms with E-state index in [1.165, 1.54) is 4.86 Å². The first-order valence-corrected chi connectivity index (χ1v) is 5.53. The van der Waals surface area contributed by atoms with Crippen molar-refractivity contribution in [2.24, 2.45) is 0 Å². The second-order valence-corrected chi connectivity index (χ2v) is 4.29. The summed E-state index contributed by atoms with van der Waals surface area (Å²) in [7, 11) is 2.11. The molecule has 0 bridgehead atoms. The Labute approximate surface area is 92.1 Å². The van der Waals surface area contributed by atoms with Crippen molar-refractivity contribution >= 4 is 17.1 Å². The van der Waals surface area contributed by atoms with Gasteiger partial charge in [0.2, 0.25) is 0 Å². The highest BCUT2D eigenvalue weighted by Gasteiger charge is 2.19. The monoisotopic (exact) mass is 210 g/mol. The van der Waals surface area contributed by atoms with E-state index in [0.29, 0.717) is 6.04 Å². The number of rotatable bonds is 5. The topological polar surface area (TPSA) is 15.3 Å². The van der Waals surface area contributed by atoms with Gasteiger partial charge < -0.3 is 10.2 Å². The van der Waals surface area contributed by atoms with Gasteiger partial charge in [0.15, 0.2) is 0 Å². The average molecular weight is 210 g/mol. The van der Waals surface area contributed by atoms with E-state index in [9.17, 15) is 0 Å². The average Bonchev–Trinajstić information content (AvgIpc) is 2.58. The molecule has 1 rings (SSSR count). The maximum Gasteiger partial charge on any atom is 0.0396 e. The number of nitrogens with zero attached hydrogens (tertiary/aromatic N) is 1. The Bertz CT molecular complexity index is 232. The van der Waals surface area contributed by atoms with Gasteiger partial charge in [-0.25, -0.2) is 0 Å². The van der Waals surface area contributed by atoms with E-state index in [-0.39, 0.29) is 0 Å². The van der Waals surface area contributed by atoms with Gasteiger partial charge in [-0.1, -0.05) is 12.2 Å². The van der Waals surface area contributed by atoms with Gasteiger partial charge in [0.25, 0.3) is 0 Å². The number of hydrogen-bond donors (Lipinski definition) is 1. The first kappa shape index (κ1) is 11.6. The first-order valence-electron chi connectivity index (χ1n) is 5.12. The number of hydrogen-bond acceptors (Lipinski definition) is 3. The molecule has 14 heavy (non-hydrogen) atoms. The second-order valence-electron chi connectivity index (χ2n) is 3.77. The van der Waals surface area contributed by atoms with Crippen LogP contribution in [0.2, 0.25) is 0 Å². The molecule has 1 aliphatic rings. The lowest BCUT2D eigenvalue weighted by Crippen LogP contribution is -2.31. The highest BCUT2D eigenvalue weighted by molar-refractivity contribution is 7.80. The largest absolute Gasteiger partial charge is 0.309 e. The highest BCUT2D eigenvalue weighted by atomic mass is 32.1. The molecule has 0 aromatic heterocycles. The predicted octanol–water partition coefficient (Wildman–Crippen LogP) is 1.06. The Hall–Kier alpha value is -0.430. The zero-order chi connectivity index (χ0) is 10.4. The molecule has 1 unspecified atom stereocenters. The van der Waals surface area contributed by atoms with Crippen LogP contribution in [0, 0.1) is 12.3 Å². The third-order valence-corrected chi connectivity index (χ3v) is 3.08. The van der Waals surface area contributed by atoms with Crippen molar-refractivity contribution in [2.75, 3.05) is 26.7 Å². The van der Waals surface area contributed by atoms with Crippen LogP contribution in [0.5, 0.6) is 0 Å². The lowest BCUT2D eigenvalue weighted by Gasteiger charge is -2.18. The van der Waals surface area contributed by atoms with Crippen LogP contribution in [0.1, 0.15) is 19.3 Å². The minimum Gasteiger partial charge on any atom is -0.309 e. The molecule has 1 N–H and O–H groups in total. The standard InChI is InChI=1S/C11H18N2S/c1-3-4-8-13(2)9-6-10-11(14)5-7-12-10/h1,10,12H,4-9H2,2H3. The molecule has 2 nitrogen and oxygen atoms in total. The lowest BCUT2D eigenvalue weighted by molar-refractivity contribution is 0.330. The third kappa shape index (κ3) is 3.75. The summed E-state index contributed by atoms with van der Waals surface area (Å²) < 4.78 is 0. The quantitative estimate of drug-likeness (QED) is 0.540. The first-order chi connectivity index (χ1) is 6.74. The Morgan fingerprint density at radius 2 is 2.43 bits per heavy atom. The van der Waals surface area contributed by atoms with Crippen molar-refractivity contribution in [3.63, 3.8) is 0 Å². The SMILES string of the molecule is C#CCCN(C)CCC1NCCC1=S. The van der Waals surface area contributed by atoms with Gasteiger partial charge in [-0.3, -0.25) is 0 Å². The summed E-state index contributed by atoms with van der Waals surface area (Å²) in [6, 6.07) is 0.457. The molecule has 1 heterocycles. The number of nitrogens with one attached hydrogen (secondary N) is 1. The third-order valence-electron chi connectivity index (χ3n) is 2.59. The molecular formula is C11H18N2S. The number of terminal acetylenes is 1. The van der Waals surface area contributed by atoms with Gasteiger partial charge in [-0.2, -0.15) is 0 Å². The summed E-state index contributed by atoms with van der Waals surface area (Å²) >= 11 is 5.27. The normalized spacial score (nSPS) is 21.5. The van der Waals surface area contributed by atoms with E-state index in [1.54, 1.807) is 0 Å². The summed E-state index contributed by atoms with van der Waals surface area (Å²) in [5.41, 5.74) is 0. The molecule has 78 valence electrons. The zero-order valence-electron chi connectivity index (χ0n) is 8.75. The van der Waals surface area contributed by atoms with E-state index in [1.807, 2.05) is 0 Å².